The van der Waals surface area contributed by atoms with Gasteiger partial charge in [0.2, 0.25) is 0 Å². The van der Waals surface area contributed by atoms with Crippen LogP contribution in [0.2, 0.25) is 0 Å². The maximum atomic E-state index is 12.5. The molecule has 1 aromatic rings. The molecule has 1 aromatic carbocycles. The molecular weight excluding hydrogens is 259 g/mol. The van der Waals surface area contributed by atoms with Crippen LogP contribution in [-0.4, -0.2) is 30.1 Å². The first-order valence-corrected chi connectivity index (χ1v) is 5.92. The Hall–Kier alpha value is -1.72. The van der Waals surface area contributed by atoms with Crippen molar-refractivity contribution >= 4 is 5.91 Å². The summed E-state index contributed by atoms with van der Waals surface area (Å²) in [7, 11) is 1.51. The Balaban J connectivity index is 2.10. The van der Waals surface area contributed by atoms with E-state index in [-0.39, 0.29) is 12.6 Å². The fraction of sp³-hybridized carbons (Fsp3) is 0.462. The lowest BCUT2D eigenvalue weighted by Crippen LogP contribution is -2.42. The molecular formula is C13H14F3NO2. The first kappa shape index (κ1) is 13.7. The lowest BCUT2D eigenvalue weighted by molar-refractivity contribution is -0.186. The van der Waals surface area contributed by atoms with Crippen molar-refractivity contribution in [3.63, 3.8) is 0 Å². The van der Waals surface area contributed by atoms with Crippen LogP contribution in [0.1, 0.15) is 18.4 Å². The molecule has 6 heteroatoms. The summed E-state index contributed by atoms with van der Waals surface area (Å²) in [5.41, 5.74) is 0.658. The number of halogens is 3. The van der Waals surface area contributed by atoms with Crippen LogP contribution in [0.15, 0.2) is 24.3 Å². The Bertz CT molecular complexity index is 452. The molecule has 0 unspecified atom stereocenters. The van der Waals surface area contributed by atoms with Gasteiger partial charge in [0.05, 0.1) is 7.11 Å². The predicted molar refractivity (Wildman–Crippen MR) is 62.6 cm³/mol. The lowest BCUT2D eigenvalue weighted by atomic mass is 10.2. The maximum absolute atomic E-state index is 12.5. The molecule has 2 rings (SSSR count). The molecule has 1 saturated carbocycles. The van der Waals surface area contributed by atoms with Crippen molar-refractivity contribution < 1.29 is 22.7 Å². The van der Waals surface area contributed by atoms with Crippen molar-refractivity contribution in [1.29, 1.82) is 0 Å². The van der Waals surface area contributed by atoms with E-state index < -0.39 is 12.1 Å². The van der Waals surface area contributed by atoms with Crippen LogP contribution in [0.3, 0.4) is 0 Å². The van der Waals surface area contributed by atoms with Gasteiger partial charge in [0.1, 0.15) is 5.75 Å². The molecule has 0 aromatic heterocycles. The minimum absolute atomic E-state index is 0.0208. The quantitative estimate of drug-likeness (QED) is 0.844. The van der Waals surface area contributed by atoms with Gasteiger partial charge in [0.25, 0.3) is 0 Å². The van der Waals surface area contributed by atoms with Crippen molar-refractivity contribution in [3.8, 4) is 5.75 Å². The van der Waals surface area contributed by atoms with Gasteiger partial charge in [-0.15, -0.1) is 0 Å². The number of amides is 1. The summed E-state index contributed by atoms with van der Waals surface area (Å²) >= 11 is 0. The molecule has 1 amide bonds. The van der Waals surface area contributed by atoms with Crippen molar-refractivity contribution in [3.05, 3.63) is 29.8 Å². The zero-order chi connectivity index (χ0) is 14.0. The number of ether oxygens (including phenoxy) is 1. The topological polar surface area (TPSA) is 29.5 Å². The summed E-state index contributed by atoms with van der Waals surface area (Å²) < 4.78 is 42.5. The zero-order valence-electron chi connectivity index (χ0n) is 10.4. The van der Waals surface area contributed by atoms with Crippen LogP contribution in [0, 0.1) is 0 Å². The van der Waals surface area contributed by atoms with E-state index in [1.165, 1.54) is 7.11 Å². The normalized spacial score (nSPS) is 15.2. The Kier molecular flexibility index (Phi) is 3.68. The minimum atomic E-state index is -4.81. The van der Waals surface area contributed by atoms with Gasteiger partial charge in [-0.3, -0.25) is 4.79 Å². The molecule has 1 fully saturated rings. The largest absolute Gasteiger partial charge is 0.497 e. The number of rotatable bonds is 4. The number of hydrogen-bond acceptors (Lipinski definition) is 2. The second-order valence-corrected chi connectivity index (χ2v) is 4.51. The summed E-state index contributed by atoms with van der Waals surface area (Å²) in [6, 6.07) is 6.38. The Labute approximate surface area is 109 Å². The van der Waals surface area contributed by atoms with Crippen LogP contribution in [0.5, 0.6) is 5.75 Å². The molecule has 0 aliphatic heterocycles. The number of nitrogens with zero attached hydrogens (tertiary/aromatic N) is 1. The average Bonchev–Trinajstić information content (AvgIpc) is 3.19. The monoisotopic (exact) mass is 273 g/mol. The molecule has 1 aliphatic rings. The molecule has 0 bridgehead atoms. The van der Waals surface area contributed by atoms with Gasteiger partial charge >= 0.3 is 12.1 Å². The number of hydrogen-bond donors (Lipinski definition) is 0. The Morgan fingerprint density at radius 1 is 1.32 bits per heavy atom. The number of methoxy groups -OCH3 is 1. The van der Waals surface area contributed by atoms with E-state index in [9.17, 15) is 18.0 Å². The molecule has 0 heterocycles. The maximum Gasteiger partial charge on any atom is 0.471 e. The average molecular weight is 273 g/mol. The van der Waals surface area contributed by atoms with E-state index in [1.54, 1.807) is 24.3 Å². The number of carbonyl (C=O) groups is 1. The van der Waals surface area contributed by atoms with Crippen LogP contribution in [-0.2, 0) is 11.3 Å². The van der Waals surface area contributed by atoms with Gasteiger partial charge in [-0.05, 0) is 30.5 Å². The molecule has 0 spiro atoms. The third-order valence-electron chi connectivity index (χ3n) is 3.00. The molecule has 104 valence electrons. The standard InChI is InChI=1S/C13H14F3NO2/c1-19-11-6-2-9(3-7-11)8-17(10-4-5-10)12(18)13(14,15)16/h2-3,6-7,10H,4-5,8H2,1H3. The fourth-order valence-corrected chi connectivity index (χ4v) is 1.84. The summed E-state index contributed by atoms with van der Waals surface area (Å²) in [5.74, 6) is -1.13. The Morgan fingerprint density at radius 2 is 1.89 bits per heavy atom. The number of alkyl halides is 3. The summed E-state index contributed by atoms with van der Waals surface area (Å²) in [5, 5.41) is 0. The molecule has 0 saturated heterocycles. The second kappa shape index (κ2) is 5.11. The predicted octanol–water partition coefficient (Wildman–Crippen LogP) is 2.75. The summed E-state index contributed by atoms with van der Waals surface area (Å²) in [6.45, 7) is -0.0208. The summed E-state index contributed by atoms with van der Waals surface area (Å²) in [4.78, 5) is 12.3. The molecule has 1 aliphatic carbocycles. The van der Waals surface area contributed by atoms with Gasteiger partial charge in [0, 0.05) is 12.6 Å². The van der Waals surface area contributed by atoms with E-state index in [0.29, 0.717) is 24.2 Å². The van der Waals surface area contributed by atoms with Crippen LogP contribution < -0.4 is 4.74 Å². The van der Waals surface area contributed by atoms with E-state index in [1.807, 2.05) is 0 Å². The van der Waals surface area contributed by atoms with E-state index in [4.69, 9.17) is 4.74 Å². The Morgan fingerprint density at radius 3 is 2.32 bits per heavy atom. The van der Waals surface area contributed by atoms with Crippen LogP contribution >= 0.6 is 0 Å². The highest BCUT2D eigenvalue weighted by molar-refractivity contribution is 5.82. The van der Waals surface area contributed by atoms with Crippen molar-refractivity contribution in [2.45, 2.75) is 31.6 Å². The van der Waals surface area contributed by atoms with Crippen molar-refractivity contribution in [2.75, 3.05) is 7.11 Å². The lowest BCUT2D eigenvalue weighted by Gasteiger charge is -2.23. The highest BCUT2D eigenvalue weighted by atomic mass is 19.4. The molecule has 0 atom stereocenters. The number of benzene rings is 1. The summed E-state index contributed by atoms with van der Waals surface area (Å²) in [6.07, 6.45) is -3.54. The smallest absolute Gasteiger partial charge is 0.471 e. The highest BCUT2D eigenvalue weighted by Gasteiger charge is 2.46. The van der Waals surface area contributed by atoms with Crippen LogP contribution in [0.25, 0.3) is 0 Å². The van der Waals surface area contributed by atoms with E-state index in [0.717, 1.165) is 4.90 Å². The minimum Gasteiger partial charge on any atom is -0.497 e. The first-order valence-electron chi connectivity index (χ1n) is 5.92. The van der Waals surface area contributed by atoms with Gasteiger partial charge in [-0.2, -0.15) is 13.2 Å². The van der Waals surface area contributed by atoms with Crippen LogP contribution in [0.4, 0.5) is 13.2 Å². The first-order chi connectivity index (χ1) is 8.91. The van der Waals surface area contributed by atoms with E-state index in [2.05, 4.69) is 0 Å². The molecule has 0 radical (unpaired) electrons. The third kappa shape index (κ3) is 3.39. The fourth-order valence-electron chi connectivity index (χ4n) is 1.84. The van der Waals surface area contributed by atoms with Crippen molar-refractivity contribution in [1.82, 2.24) is 4.90 Å². The third-order valence-corrected chi connectivity index (χ3v) is 3.00. The van der Waals surface area contributed by atoms with Gasteiger partial charge in [-0.25, -0.2) is 0 Å². The van der Waals surface area contributed by atoms with Gasteiger partial charge in [-0.1, -0.05) is 12.1 Å². The van der Waals surface area contributed by atoms with Crippen molar-refractivity contribution in [2.24, 2.45) is 0 Å². The van der Waals surface area contributed by atoms with Gasteiger partial charge in [0.15, 0.2) is 0 Å². The molecule has 19 heavy (non-hydrogen) atoms. The molecule has 3 nitrogen and oxygen atoms in total. The zero-order valence-corrected chi connectivity index (χ0v) is 10.4. The molecule has 0 N–H and O–H groups in total. The second-order valence-electron chi connectivity index (χ2n) is 4.51. The number of carbonyl (C=O) groups excluding carboxylic acids is 1. The van der Waals surface area contributed by atoms with E-state index >= 15 is 0 Å². The van der Waals surface area contributed by atoms with Gasteiger partial charge < -0.3 is 9.64 Å². The highest BCUT2D eigenvalue weighted by Crippen LogP contribution is 2.32. The SMILES string of the molecule is COc1ccc(CN(C(=O)C(F)(F)F)C2CC2)cc1.